The molecule has 1 N–H and O–H groups in total. The van der Waals surface area contributed by atoms with E-state index in [1.54, 1.807) is 37.5 Å². The van der Waals surface area contributed by atoms with Gasteiger partial charge in [0.15, 0.2) is 5.78 Å². The Kier molecular flexibility index (Phi) is 5.54. The third-order valence-electron chi connectivity index (χ3n) is 3.97. The fourth-order valence-electron chi connectivity index (χ4n) is 2.66. The highest BCUT2D eigenvalue weighted by Crippen LogP contribution is 2.27. The van der Waals surface area contributed by atoms with Crippen LogP contribution in [0.5, 0.6) is 5.75 Å². The number of ether oxygens (including phenoxy) is 1. The van der Waals surface area contributed by atoms with Crippen molar-refractivity contribution in [3.05, 3.63) is 76.9 Å². The molecule has 0 saturated carbocycles. The van der Waals surface area contributed by atoms with Crippen LogP contribution >= 0.6 is 11.6 Å². The number of halogens is 1. The third kappa shape index (κ3) is 3.86. The van der Waals surface area contributed by atoms with Gasteiger partial charge in [0, 0.05) is 29.4 Å². The molecule has 26 heavy (non-hydrogen) atoms. The molecule has 0 unspecified atom stereocenters. The van der Waals surface area contributed by atoms with E-state index in [0.29, 0.717) is 28.6 Å². The quantitative estimate of drug-likeness (QED) is 0.618. The highest BCUT2D eigenvalue weighted by molar-refractivity contribution is 6.30. The second kappa shape index (κ2) is 8.02. The molecule has 3 aromatic rings. The Morgan fingerprint density at radius 2 is 1.77 bits per heavy atom. The van der Waals surface area contributed by atoms with Crippen molar-refractivity contribution in [3.8, 4) is 16.9 Å². The van der Waals surface area contributed by atoms with Gasteiger partial charge in [-0.3, -0.25) is 4.79 Å². The lowest BCUT2D eigenvalue weighted by molar-refractivity contribution is 0.103. The molecule has 0 aliphatic carbocycles. The smallest absolute Gasteiger partial charge is 0.196 e. The monoisotopic (exact) mass is 366 g/mol. The Morgan fingerprint density at radius 1 is 1.08 bits per heavy atom. The maximum absolute atomic E-state index is 12.9. The Morgan fingerprint density at radius 3 is 2.38 bits per heavy atom. The summed E-state index contributed by atoms with van der Waals surface area (Å²) in [7, 11) is 1.75. The number of anilines is 1. The van der Waals surface area contributed by atoms with E-state index in [1.165, 1.54) is 0 Å². The van der Waals surface area contributed by atoms with Gasteiger partial charge in [-0.2, -0.15) is 0 Å². The highest BCUT2D eigenvalue weighted by Gasteiger charge is 2.16. The van der Waals surface area contributed by atoms with Crippen LogP contribution in [-0.2, 0) is 0 Å². The maximum atomic E-state index is 12.9. The van der Waals surface area contributed by atoms with E-state index in [2.05, 4.69) is 10.3 Å². The lowest BCUT2D eigenvalue weighted by Gasteiger charge is -2.11. The van der Waals surface area contributed by atoms with E-state index in [9.17, 15) is 4.79 Å². The van der Waals surface area contributed by atoms with Crippen LogP contribution in [0.4, 0.5) is 5.82 Å². The summed E-state index contributed by atoms with van der Waals surface area (Å²) in [5.74, 6) is 1.25. The number of benzene rings is 2. The van der Waals surface area contributed by atoms with Crippen LogP contribution in [0.3, 0.4) is 0 Å². The summed E-state index contributed by atoms with van der Waals surface area (Å²) in [6, 6.07) is 16.4. The van der Waals surface area contributed by atoms with Crippen molar-refractivity contribution >= 4 is 23.2 Å². The van der Waals surface area contributed by atoms with E-state index < -0.39 is 0 Å². The van der Waals surface area contributed by atoms with Gasteiger partial charge in [0.1, 0.15) is 11.6 Å². The molecule has 3 rings (SSSR count). The zero-order valence-electron chi connectivity index (χ0n) is 14.6. The molecule has 5 heteroatoms. The van der Waals surface area contributed by atoms with Gasteiger partial charge in [-0.1, -0.05) is 23.7 Å². The van der Waals surface area contributed by atoms with Gasteiger partial charge in [0.05, 0.1) is 12.2 Å². The number of ketones is 1. The average molecular weight is 367 g/mol. The number of hydrogen-bond acceptors (Lipinski definition) is 4. The number of pyridine rings is 1. The van der Waals surface area contributed by atoms with Crippen molar-refractivity contribution in [1.29, 1.82) is 0 Å². The summed E-state index contributed by atoms with van der Waals surface area (Å²) in [5, 5.41) is 3.58. The van der Waals surface area contributed by atoms with Crippen molar-refractivity contribution in [2.45, 2.75) is 6.92 Å². The first-order valence-electron chi connectivity index (χ1n) is 8.33. The zero-order valence-corrected chi connectivity index (χ0v) is 15.4. The summed E-state index contributed by atoms with van der Waals surface area (Å²) in [6.45, 7) is 2.57. The predicted octanol–water partition coefficient (Wildman–Crippen LogP) is 5.07. The number of nitrogens with one attached hydrogen (secondary N) is 1. The Labute approximate surface area is 157 Å². The van der Waals surface area contributed by atoms with E-state index in [-0.39, 0.29) is 5.78 Å². The lowest BCUT2D eigenvalue weighted by Crippen LogP contribution is -2.07. The normalized spacial score (nSPS) is 10.4. The summed E-state index contributed by atoms with van der Waals surface area (Å²) in [4.78, 5) is 17.3. The SMILES string of the molecule is CCOc1ccc(-c2cnc(NC)c(C(=O)c3ccc(Cl)cc3)c2)cc1. The van der Waals surface area contributed by atoms with Crippen LogP contribution in [0, 0.1) is 0 Å². The maximum Gasteiger partial charge on any atom is 0.196 e. The van der Waals surface area contributed by atoms with Gasteiger partial charge in [-0.25, -0.2) is 4.98 Å². The summed E-state index contributed by atoms with van der Waals surface area (Å²) >= 11 is 5.92. The zero-order chi connectivity index (χ0) is 18.5. The summed E-state index contributed by atoms with van der Waals surface area (Å²) < 4.78 is 5.47. The number of carbonyl (C=O) groups is 1. The molecule has 132 valence electrons. The van der Waals surface area contributed by atoms with Crippen LogP contribution in [0.1, 0.15) is 22.8 Å². The molecule has 2 aromatic carbocycles. The molecule has 0 spiro atoms. The van der Waals surface area contributed by atoms with Crippen molar-refractivity contribution < 1.29 is 9.53 Å². The molecule has 1 heterocycles. The number of hydrogen-bond donors (Lipinski definition) is 1. The first-order valence-corrected chi connectivity index (χ1v) is 8.71. The second-order valence-corrected chi connectivity index (χ2v) is 6.10. The Bertz CT molecular complexity index is 906. The fourth-order valence-corrected chi connectivity index (χ4v) is 2.79. The first kappa shape index (κ1) is 18.0. The summed E-state index contributed by atoms with van der Waals surface area (Å²) in [5.41, 5.74) is 2.91. The van der Waals surface area contributed by atoms with Crippen molar-refractivity contribution in [1.82, 2.24) is 4.98 Å². The van der Waals surface area contributed by atoms with Gasteiger partial charge in [-0.15, -0.1) is 0 Å². The third-order valence-corrected chi connectivity index (χ3v) is 4.23. The van der Waals surface area contributed by atoms with Crippen molar-refractivity contribution in [2.24, 2.45) is 0 Å². The van der Waals surface area contributed by atoms with Crippen LogP contribution in [0.15, 0.2) is 60.8 Å². The molecular formula is C21H19ClN2O2. The van der Waals surface area contributed by atoms with E-state index in [0.717, 1.165) is 16.9 Å². The van der Waals surface area contributed by atoms with Crippen LogP contribution in [-0.4, -0.2) is 24.4 Å². The van der Waals surface area contributed by atoms with Crippen LogP contribution in [0.25, 0.3) is 11.1 Å². The number of aromatic nitrogens is 1. The molecule has 0 aliphatic heterocycles. The molecule has 0 aliphatic rings. The molecule has 0 fully saturated rings. The molecule has 0 amide bonds. The van der Waals surface area contributed by atoms with Gasteiger partial charge in [0.2, 0.25) is 0 Å². The van der Waals surface area contributed by atoms with Crippen molar-refractivity contribution in [2.75, 3.05) is 19.0 Å². The topological polar surface area (TPSA) is 51.2 Å². The van der Waals surface area contributed by atoms with E-state index >= 15 is 0 Å². The van der Waals surface area contributed by atoms with E-state index in [4.69, 9.17) is 16.3 Å². The van der Waals surface area contributed by atoms with Gasteiger partial charge in [-0.05, 0) is 55.0 Å². The molecule has 0 bridgehead atoms. The molecule has 1 aromatic heterocycles. The van der Waals surface area contributed by atoms with Crippen LogP contribution < -0.4 is 10.1 Å². The van der Waals surface area contributed by atoms with Gasteiger partial charge in [0.25, 0.3) is 0 Å². The predicted molar refractivity (Wildman–Crippen MR) is 105 cm³/mol. The largest absolute Gasteiger partial charge is 0.494 e. The van der Waals surface area contributed by atoms with E-state index in [1.807, 2.05) is 37.3 Å². The highest BCUT2D eigenvalue weighted by atomic mass is 35.5. The minimum absolute atomic E-state index is 0.105. The standard InChI is InChI=1S/C21H19ClN2O2/c1-3-26-18-10-6-14(7-11-18)16-12-19(21(23-2)24-13-16)20(25)15-4-8-17(22)9-5-15/h4-13H,3H2,1-2H3,(H,23,24). The summed E-state index contributed by atoms with van der Waals surface area (Å²) in [6.07, 6.45) is 1.75. The number of nitrogens with zero attached hydrogens (tertiary/aromatic N) is 1. The lowest BCUT2D eigenvalue weighted by atomic mass is 10.00. The molecule has 4 nitrogen and oxygen atoms in total. The first-order chi connectivity index (χ1) is 12.6. The molecule has 0 atom stereocenters. The van der Waals surface area contributed by atoms with Crippen LogP contribution in [0.2, 0.25) is 5.02 Å². The molecule has 0 saturated heterocycles. The van der Waals surface area contributed by atoms with Gasteiger partial charge < -0.3 is 10.1 Å². The minimum atomic E-state index is -0.105. The minimum Gasteiger partial charge on any atom is -0.494 e. The molecular weight excluding hydrogens is 348 g/mol. The number of rotatable bonds is 6. The number of carbonyl (C=O) groups excluding carboxylic acids is 1. The average Bonchev–Trinajstić information content (AvgIpc) is 2.68. The Hall–Kier alpha value is -2.85. The fraction of sp³-hybridized carbons (Fsp3) is 0.143. The van der Waals surface area contributed by atoms with Crippen molar-refractivity contribution in [3.63, 3.8) is 0 Å². The van der Waals surface area contributed by atoms with Gasteiger partial charge >= 0.3 is 0 Å². The molecule has 0 radical (unpaired) electrons. The second-order valence-electron chi connectivity index (χ2n) is 5.66. The Balaban J connectivity index is 1.98.